The normalized spacial score (nSPS) is 12.8. The Kier molecular flexibility index (Phi) is 5.32. The average molecular weight is 455 g/mol. The number of hydrogen-bond donors (Lipinski definition) is 1. The maximum Gasteiger partial charge on any atom is 0.359 e. The van der Waals surface area contributed by atoms with Gasteiger partial charge in [0.15, 0.2) is 11.8 Å². The van der Waals surface area contributed by atoms with Crippen molar-refractivity contribution < 1.29 is 14.3 Å². The number of anilines is 1. The van der Waals surface area contributed by atoms with Crippen molar-refractivity contribution in [2.24, 2.45) is 0 Å². The number of carbonyl (C=O) groups is 2. The minimum Gasteiger partial charge on any atom is -0.448 e. The third-order valence-electron chi connectivity index (χ3n) is 5.57. The van der Waals surface area contributed by atoms with Gasteiger partial charge in [0.1, 0.15) is 11.1 Å². The number of esters is 1. The van der Waals surface area contributed by atoms with Gasteiger partial charge in [0.2, 0.25) is 0 Å². The van der Waals surface area contributed by atoms with Crippen molar-refractivity contribution in [1.29, 1.82) is 5.26 Å². The molecule has 0 bridgehead atoms. The zero-order valence-corrected chi connectivity index (χ0v) is 18.5. The summed E-state index contributed by atoms with van der Waals surface area (Å²) >= 11 is 1.37. The Morgan fingerprint density at radius 3 is 2.70 bits per heavy atom. The number of aromatic nitrogens is 2. The average Bonchev–Trinajstić information content (AvgIpc) is 3.21. The van der Waals surface area contributed by atoms with E-state index in [2.05, 4.69) is 27.4 Å². The topological polar surface area (TPSA) is 105 Å². The van der Waals surface area contributed by atoms with Gasteiger partial charge in [-0.1, -0.05) is 36.4 Å². The second kappa shape index (κ2) is 8.45. The first kappa shape index (κ1) is 20.8. The molecule has 1 aliphatic carbocycles. The third-order valence-corrected chi connectivity index (χ3v) is 6.75. The number of carbonyl (C=O) groups excluding carboxylic acids is 2. The van der Waals surface area contributed by atoms with Gasteiger partial charge in [-0.25, -0.2) is 9.78 Å². The summed E-state index contributed by atoms with van der Waals surface area (Å²) in [6, 6.07) is 17.5. The van der Waals surface area contributed by atoms with Gasteiger partial charge in [-0.2, -0.15) is 5.26 Å². The van der Waals surface area contributed by atoms with Crippen molar-refractivity contribution in [1.82, 2.24) is 9.97 Å². The highest BCUT2D eigenvalue weighted by molar-refractivity contribution is 7.20. The van der Waals surface area contributed by atoms with Gasteiger partial charge in [-0.05, 0) is 48.6 Å². The second-order valence-corrected chi connectivity index (χ2v) is 8.68. The van der Waals surface area contributed by atoms with E-state index in [0.29, 0.717) is 21.6 Å². The molecule has 0 spiro atoms. The van der Waals surface area contributed by atoms with E-state index < -0.39 is 18.0 Å². The number of fused-ring (bicyclic) bond motifs is 4. The molecule has 0 radical (unpaired) electrons. The summed E-state index contributed by atoms with van der Waals surface area (Å²) in [6.07, 6.45) is 1.84. The molecule has 8 heteroatoms. The molecule has 1 N–H and O–H groups in total. The molecule has 1 unspecified atom stereocenters. The van der Waals surface area contributed by atoms with Crippen molar-refractivity contribution in [2.45, 2.75) is 25.9 Å². The lowest BCUT2D eigenvalue weighted by atomic mass is 9.90. The maximum absolute atomic E-state index is 12.8. The van der Waals surface area contributed by atoms with E-state index in [-0.39, 0.29) is 5.69 Å². The van der Waals surface area contributed by atoms with Gasteiger partial charge in [0, 0.05) is 4.88 Å². The van der Waals surface area contributed by atoms with Crippen LogP contribution in [0.25, 0.3) is 21.5 Å². The summed E-state index contributed by atoms with van der Waals surface area (Å²) in [6.45, 7) is 1.48. The van der Waals surface area contributed by atoms with Crippen LogP contribution in [-0.2, 0) is 22.4 Å². The standard InChI is InChI=1S/C25H18N4O3S/c1-14(32-25(31)21-13-27-19-8-4-5-9-20(19)28-21)23(30)29-24-18(12-26)17-11-10-15-6-2-3-7-16(15)22(17)33-24/h2-9,13-14H,10-11H2,1H3,(H,29,30). The zero-order chi connectivity index (χ0) is 22.9. The quantitative estimate of drug-likeness (QED) is 0.455. The van der Waals surface area contributed by atoms with Crippen LogP contribution in [0, 0.1) is 11.3 Å². The van der Waals surface area contributed by atoms with Gasteiger partial charge >= 0.3 is 5.97 Å². The molecule has 5 rings (SSSR count). The predicted molar refractivity (Wildman–Crippen MR) is 125 cm³/mol. The number of aryl methyl sites for hydroxylation is 1. The highest BCUT2D eigenvalue weighted by atomic mass is 32.1. The lowest BCUT2D eigenvalue weighted by molar-refractivity contribution is -0.123. The smallest absolute Gasteiger partial charge is 0.359 e. The van der Waals surface area contributed by atoms with Gasteiger partial charge in [0.25, 0.3) is 5.91 Å². The number of thiophene rings is 1. The number of nitriles is 1. The Labute approximate surface area is 193 Å². The van der Waals surface area contributed by atoms with Gasteiger partial charge in [-0.15, -0.1) is 11.3 Å². The summed E-state index contributed by atoms with van der Waals surface area (Å²) in [5.41, 5.74) is 4.99. The lowest BCUT2D eigenvalue weighted by Gasteiger charge is -2.15. The van der Waals surface area contributed by atoms with Crippen LogP contribution in [0.5, 0.6) is 0 Å². The summed E-state index contributed by atoms with van der Waals surface area (Å²) < 4.78 is 5.32. The van der Waals surface area contributed by atoms with E-state index in [1.807, 2.05) is 24.3 Å². The van der Waals surface area contributed by atoms with E-state index in [9.17, 15) is 14.9 Å². The molecule has 0 saturated heterocycles. The lowest BCUT2D eigenvalue weighted by Crippen LogP contribution is -2.30. The second-order valence-electron chi connectivity index (χ2n) is 7.66. The number of amides is 1. The molecular formula is C25H18N4O3S. The first-order valence-corrected chi connectivity index (χ1v) is 11.2. The van der Waals surface area contributed by atoms with E-state index in [4.69, 9.17) is 4.74 Å². The molecule has 2 aromatic heterocycles. The molecule has 7 nitrogen and oxygen atoms in total. The van der Waals surface area contributed by atoms with E-state index in [0.717, 1.165) is 28.8 Å². The Bertz CT molecular complexity index is 1450. The van der Waals surface area contributed by atoms with Crippen LogP contribution in [0.4, 0.5) is 5.00 Å². The Morgan fingerprint density at radius 1 is 1.12 bits per heavy atom. The fourth-order valence-electron chi connectivity index (χ4n) is 3.89. The third kappa shape index (κ3) is 3.83. The van der Waals surface area contributed by atoms with Crippen LogP contribution >= 0.6 is 11.3 Å². The Balaban J connectivity index is 1.34. The summed E-state index contributed by atoms with van der Waals surface area (Å²) in [5.74, 6) is -1.25. The number of para-hydroxylation sites is 2. The number of hydrogen-bond acceptors (Lipinski definition) is 7. The summed E-state index contributed by atoms with van der Waals surface area (Å²) in [7, 11) is 0. The largest absolute Gasteiger partial charge is 0.448 e. The molecule has 0 saturated carbocycles. The van der Waals surface area contributed by atoms with Crippen LogP contribution in [0.15, 0.2) is 54.7 Å². The summed E-state index contributed by atoms with van der Waals surface area (Å²) in [5, 5.41) is 13.0. The van der Waals surface area contributed by atoms with Gasteiger partial charge < -0.3 is 10.1 Å². The molecular weight excluding hydrogens is 436 g/mol. The fraction of sp³-hybridized carbons (Fsp3) is 0.160. The molecule has 0 aliphatic heterocycles. The van der Waals surface area contributed by atoms with Gasteiger partial charge in [0.05, 0.1) is 22.8 Å². The van der Waals surface area contributed by atoms with Crippen molar-refractivity contribution >= 4 is 39.2 Å². The first-order chi connectivity index (χ1) is 16.0. The number of nitrogens with zero attached hydrogens (tertiary/aromatic N) is 3. The van der Waals surface area contributed by atoms with Crippen LogP contribution in [-0.4, -0.2) is 27.9 Å². The van der Waals surface area contributed by atoms with Crippen molar-refractivity contribution in [2.75, 3.05) is 5.32 Å². The fourth-order valence-corrected chi connectivity index (χ4v) is 5.15. The Hall–Kier alpha value is -4.09. The summed E-state index contributed by atoms with van der Waals surface area (Å²) in [4.78, 5) is 34.8. The minimum absolute atomic E-state index is 0.0225. The van der Waals surface area contributed by atoms with Crippen LogP contribution in [0.1, 0.15) is 34.1 Å². The monoisotopic (exact) mass is 454 g/mol. The molecule has 2 heterocycles. The molecule has 0 fully saturated rings. The van der Waals surface area contributed by atoms with Crippen LogP contribution < -0.4 is 5.32 Å². The molecule has 1 aliphatic rings. The van der Waals surface area contributed by atoms with Crippen molar-refractivity contribution in [3.63, 3.8) is 0 Å². The van der Waals surface area contributed by atoms with Gasteiger partial charge in [-0.3, -0.25) is 9.78 Å². The molecule has 33 heavy (non-hydrogen) atoms. The number of nitrogens with one attached hydrogen (secondary N) is 1. The number of ether oxygens (including phenoxy) is 1. The van der Waals surface area contributed by atoms with Crippen molar-refractivity contribution in [3.8, 4) is 16.5 Å². The van der Waals surface area contributed by atoms with E-state index in [1.165, 1.54) is 30.0 Å². The van der Waals surface area contributed by atoms with Crippen molar-refractivity contribution in [3.05, 3.63) is 77.1 Å². The highest BCUT2D eigenvalue weighted by Crippen LogP contribution is 2.44. The molecule has 2 aromatic carbocycles. The molecule has 1 atom stereocenters. The molecule has 162 valence electrons. The highest BCUT2D eigenvalue weighted by Gasteiger charge is 2.27. The SMILES string of the molecule is CC(OC(=O)c1cnc2ccccc2n1)C(=O)Nc1sc2c(c1C#N)CCc1ccccc1-2. The van der Waals surface area contributed by atoms with E-state index in [1.54, 1.807) is 18.2 Å². The maximum atomic E-state index is 12.8. The van der Waals surface area contributed by atoms with Crippen LogP contribution in [0.2, 0.25) is 0 Å². The first-order valence-electron chi connectivity index (χ1n) is 10.4. The zero-order valence-electron chi connectivity index (χ0n) is 17.7. The molecule has 1 amide bonds. The Morgan fingerprint density at radius 2 is 1.88 bits per heavy atom. The predicted octanol–water partition coefficient (Wildman–Crippen LogP) is 4.51. The number of rotatable bonds is 4. The molecule has 4 aromatic rings. The van der Waals surface area contributed by atoms with Crippen LogP contribution in [0.3, 0.4) is 0 Å². The minimum atomic E-state index is -1.08. The number of benzene rings is 2. The van der Waals surface area contributed by atoms with E-state index >= 15 is 0 Å².